The molecule has 5 nitrogen and oxygen atoms in total. The van der Waals surface area contributed by atoms with Crippen LogP contribution in [0.1, 0.15) is 53.9 Å². The molecule has 0 aromatic carbocycles. The van der Waals surface area contributed by atoms with Gasteiger partial charge < -0.3 is 15.0 Å². The van der Waals surface area contributed by atoms with Crippen LogP contribution in [-0.4, -0.2) is 48.1 Å². The van der Waals surface area contributed by atoms with Gasteiger partial charge in [-0.25, -0.2) is 0 Å². The van der Waals surface area contributed by atoms with Crippen LogP contribution in [0.2, 0.25) is 0 Å². The van der Waals surface area contributed by atoms with Gasteiger partial charge in [0.05, 0.1) is 0 Å². The maximum atomic E-state index is 12.7. The molecule has 0 radical (unpaired) electrons. The number of hydrogen-bond acceptors (Lipinski definition) is 3. The van der Waals surface area contributed by atoms with E-state index in [1.165, 1.54) is 0 Å². The number of nitrogens with zero attached hydrogens (tertiary/aromatic N) is 1. The van der Waals surface area contributed by atoms with E-state index in [-0.39, 0.29) is 17.9 Å². The fraction of sp³-hybridized carbons (Fsp3) is 0.875. The highest BCUT2D eigenvalue weighted by molar-refractivity contribution is 5.99. The molecule has 122 valence electrons. The molecule has 1 saturated heterocycles. The van der Waals surface area contributed by atoms with Crippen LogP contribution in [0, 0.1) is 5.92 Å². The van der Waals surface area contributed by atoms with Gasteiger partial charge in [0.15, 0.2) is 0 Å². The fourth-order valence-electron chi connectivity index (χ4n) is 2.67. The van der Waals surface area contributed by atoms with Crippen molar-refractivity contribution in [1.29, 1.82) is 0 Å². The van der Waals surface area contributed by atoms with Crippen molar-refractivity contribution in [2.24, 2.45) is 5.92 Å². The van der Waals surface area contributed by atoms with Crippen molar-refractivity contribution in [2.75, 3.05) is 19.8 Å². The zero-order chi connectivity index (χ0) is 16.0. The highest BCUT2D eigenvalue weighted by atomic mass is 16.5. The first kappa shape index (κ1) is 18.0. The number of rotatable bonds is 8. The first-order chi connectivity index (χ1) is 9.85. The lowest BCUT2D eigenvalue weighted by atomic mass is 9.89. The summed E-state index contributed by atoms with van der Waals surface area (Å²) in [5.74, 6) is 0.379. The molecule has 2 amide bonds. The van der Waals surface area contributed by atoms with Gasteiger partial charge in [-0.05, 0) is 39.0 Å². The number of amides is 2. The Labute approximate surface area is 128 Å². The lowest BCUT2D eigenvalue weighted by molar-refractivity contribution is -0.155. The summed E-state index contributed by atoms with van der Waals surface area (Å²) in [5.41, 5.74) is -0.768. The predicted octanol–water partition coefficient (Wildman–Crippen LogP) is 1.95. The Balaban J connectivity index is 2.84. The number of carbonyl (C=O) groups is 2. The molecule has 0 bridgehead atoms. The molecule has 1 aliphatic heterocycles. The van der Waals surface area contributed by atoms with Crippen LogP contribution in [0.4, 0.5) is 0 Å². The van der Waals surface area contributed by atoms with Gasteiger partial charge in [0, 0.05) is 19.8 Å². The summed E-state index contributed by atoms with van der Waals surface area (Å²) >= 11 is 0. The summed E-state index contributed by atoms with van der Waals surface area (Å²) < 4.78 is 5.34. The summed E-state index contributed by atoms with van der Waals surface area (Å²) in [6.45, 7) is 11.7. The molecular weight excluding hydrogens is 268 g/mol. The minimum absolute atomic E-state index is 0.0240. The maximum absolute atomic E-state index is 12.7. The van der Waals surface area contributed by atoms with E-state index >= 15 is 0 Å². The van der Waals surface area contributed by atoms with Crippen LogP contribution in [0.25, 0.3) is 0 Å². The van der Waals surface area contributed by atoms with Crippen molar-refractivity contribution >= 4 is 11.8 Å². The van der Waals surface area contributed by atoms with E-state index < -0.39 is 5.54 Å². The van der Waals surface area contributed by atoms with Crippen molar-refractivity contribution in [1.82, 2.24) is 10.2 Å². The van der Waals surface area contributed by atoms with Crippen molar-refractivity contribution in [3.8, 4) is 0 Å². The van der Waals surface area contributed by atoms with Crippen LogP contribution >= 0.6 is 0 Å². The Hall–Kier alpha value is -1.10. The number of nitrogens with one attached hydrogen (secondary N) is 1. The van der Waals surface area contributed by atoms with Crippen LogP contribution < -0.4 is 5.32 Å². The molecule has 1 N–H and O–H groups in total. The van der Waals surface area contributed by atoms with Crippen molar-refractivity contribution in [3.05, 3.63) is 0 Å². The van der Waals surface area contributed by atoms with Crippen molar-refractivity contribution in [3.63, 3.8) is 0 Å². The van der Waals surface area contributed by atoms with Gasteiger partial charge in [0.25, 0.3) is 0 Å². The van der Waals surface area contributed by atoms with E-state index in [4.69, 9.17) is 4.74 Å². The second-order valence-corrected chi connectivity index (χ2v) is 6.37. The zero-order valence-electron chi connectivity index (χ0n) is 14.1. The minimum Gasteiger partial charge on any atom is -0.382 e. The van der Waals surface area contributed by atoms with Gasteiger partial charge in [-0.2, -0.15) is 0 Å². The van der Waals surface area contributed by atoms with Gasteiger partial charge in [-0.15, -0.1) is 0 Å². The molecule has 2 atom stereocenters. The van der Waals surface area contributed by atoms with E-state index in [0.29, 0.717) is 38.5 Å². The Morgan fingerprint density at radius 1 is 1.33 bits per heavy atom. The van der Waals surface area contributed by atoms with Crippen LogP contribution in [0.15, 0.2) is 0 Å². The Bertz CT molecular complexity index is 371. The number of hydrogen-bond donors (Lipinski definition) is 1. The van der Waals surface area contributed by atoms with Gasteiger partial charge >= 0.3 is 0 Å². The smallest absolute Gasteiger partial charge is 0.248 e. The normalized spacial score (nSPS) is 26.4. The van der Waals surface area contributed by atoms with Crippen molar-refractivity contribution in [2.45, 2.75) is 65.5 Å². The third-order valence-corrected chi connectivity index (χ3v) is 4.10. The first-order valence-electron chi connectivity index (χ1n) is 8.06. The maximum Gasteiger partial charge on any atom is 0.248 e. The lowest BCUT2D eigenvalue weighted by Crippen LogP contribution is -2.69. The average molecular weight is 298 g/mol. The summed E-state index contributed by atoms with van der Waals surface area (Å²) in [6.07, 6.45) is 2.07. The predicted molar refractivity (Wildman–Crippen MR) is 82.9 cm³/mol. The SMILES string of the molecule is CCOCCCN1C(=O)C(C)(CC)NC(=O)C1CC(C)C. The van der Waals surface area contributed by atoms with Crippen LogP contribution in [0.3, 0.4) is 0 Å². The first-order valence-corrected chi connectivity index (χ1v) is 8.06. The van der Waals surface area contributed by atoms with Gasteiger partial charge in [0.2, 0.25) is 11.8 Å². The Morgan fingerprint density at radius 3 is 2.52 bits per heavy atom. The topological polar surface area (TPSA) is 58.6 Å². The van der Waals surface area contributed by atoms with E-state index in [9.17, 15) is 9.59 Å². The second-order valence-electron chi connectivity index (χ2n) is 6.37. The van der Waals surface area contributed by atoms with E-state index in [0.717, 1.165) is 6.42 Å². The van der Waals surface area contributed by atoms with Gasteiger partial charge in [-0.1, -0.05) is 20.8 Å². The summed E-state index contributed by atoms with van der Waals surface area (Å²) in [5, 5.41) is 2.92. The third kappa shape index (κ3) is 4.43. The average Bonchev–Trinajstić information content (AvgIpc) is 2.43. The molecule has 2 unspecified atom stereocenters. The Kier molecular flexibility index (Phi) is 6.65. The molecule has 0 aromatic rings. The molecule has 1 aliphatic rings. The summed E-state index contributed by atoms with van der Waals surface area (Å²) in [7, 11) is 0. The lowest BCUT2D eigenvalue weighted by Gasteiger charge is -2.44. The molecule has 1 heterocycles. The van der Waals surface area contributed by atoms with E-state index in [1.54, 1.807) is 4.90 Å². The molecular formula is C16H30N2O3. The summed E-state index contributed by atoms with van der Waals surface area (Å²) in [6, 6.07) is -0.348. The number of ether oxygens (including phenoxy) is 1. The van der Waals surface area contributed by atoms with Gasteiger partial charge in [0.1, 0.15) is 11.6 Å². The molecule has 5 heteroatoms. The van der Waals surface area contributed by atoms with E-state index in [2.05, 4.69) is 19.2 Å². The van der Waals surface area contributed by atoms with E-state index in [1.807, 2.05) is 20.8 Å². The number of carbonyl (C=O) groups excluding carboxylic acids is 2. The standard InChI is InChI=1S/C16H30N2O3/c1-6-16(5)15(20)18(9-8-10-21-7-2)13(11-12(3)4)14(19)17-16/h12-13H,6-11H2,1-5H3,(H,17,19). The highest BCUT2D eigenvalue weighted by Crippen LogP contribution is 2.25. The van der Waals surface area contributed by atoms with Crippen LogP contribution in [0.5, 0.6) is 0 Å². The third-order valence-electron chi connectivity index (χ3n) is 4.10. The molecule has 21 heavy (non-hydrogen) atoms. The molecule has 1 fully saturated rings. The molecule has 0 spiro atoms. The fourth-order valence-corrected chi connectivity index (χ4v) is 2.67. The highest BCUT2D eigenvalue weighted by Gasteiger charge is 2.46. The number of piperazine rings is 1. The zero-order valence-corrected chi connectivity index (χ0v) is 14.1. The second kappa shape index (κ2) is 7.78. The van der Waals surface area contributed by atoms with Crippen molar-refractivity contribution < 1.29 is 14.3 Å². The largest absolute Gasteiger partial charge is 0.382 e. The molecule has 1 rings (SSSR count). The molecule has 0 aliphatic carbocycles. The quantitative estimate of drug-likeness (QED) is 0.697. The minimum atomic E-state index is -0.768. The van der Waals surface area contributed by atoms with Crippen LogP contribution in [-0.2, 0) is 14.3 Å². The molecule has 0 aromatic heterocycles. The van der Waals surface area contributed by atoms with Gasteiger partial charge in [-0.3, -0.25) is 9.59 Å². The Morgan fingerprint density at radius 2 is 2.00 bits per heavy atom. The monoisotopic (exact) mass is 298 g/mol. The molecule has 0 saturated carbocycles. The summed E-state index contributed by atoms with van der Waals surface area (Å²) in [4.78, 5) is 26.9.